The van der Waals surface area contributed by atoms with Crippen LogP contribution in [0.15, 0.2) is 19.0 Å². The first-order valence-electron chi connectivity index (χ1n) is 4.43. The molecule has 1 unspecified atom stereocenters. The Hall–Kier alpha value is -1.16. The van der Waals surface area contributed by atoms with E-state index in [1.165, 1.54) is 0 Å². The highest BCUT2D eigenvalue weighted by molar-refractivity contribution is 4.85. The minimum atomic E-state index is 0.351. The fourth-order valence-corrected chi connectivity index (χ4v) is 0.993. The molecule has 0 radical (unpaired) electrons. The van der Waals surface area contributed by atoms with Crippen molar-refractivity contribution in [1.82, 2.24) is 20.1 Å². The zero-order chi connectivity index (χ0) is 9.68. The second kappa shape index (κ2) is 4.77. The number of hydrogen-bond donors (Lipinski definition) is 1. The Balaban J connectivity index is 2.23. The van der Waals surface area contributed by atoms with Gasteiger partial charge in [0.15, 0.2) is 5.82 Å². The van der Waals surface area contributed by atoms with Crippen LogP contribution in [0, 0.1) is 0 Å². The predicted molar refractivity (Wildman–Crippen MR) is 52.4 cm³/mol. The lowest BCUT2D eigenvalue weighted by Gasteiger charge is -2.06. The molecule has 1 rings (SSSR count). The second-order valence-electron chi connectivity index (χ2n) is 3.06. The highest BCUT2D eigenvalue weighted by atomic mass is 15.3. The third-order valence-corrected chi connectivity index (χ3v) is 1.82. The molecule has 0 aromatic carbocycles. The van der Waals surface area contributed by atoms with Crippen molar-refractivity contribution < 1.29 is 0 Å². The SMILES string of the molecule is C=CC(C)NCCc1ncn(C)n1. The van der Waals surface area contributed by atoms with E-state index in [1.54, 1.807) is 11.0 Å². The first-order valence-corrected chi connectivity index (χ1v) is 4.43. The quantitative estimate of drug-likeness (QED) is 0.672. The number of hydrogen-bond acceptors (Lipinski definition) is 3. The lowest BCUT2D eigenvalue weighted by Crippen LogP contribution is -2.26. The molecule has 1 aromatic rings. The molecule has 0 aliphatic carbocycles. The third kappa shape index (κ3) is 3.38. The molecule has 0 saturated carbocycles. The summed E-state index contributed by atoms with van der Waals surface area (Å²) in [6, 6.07) is 0.351. The van der Waals surface area contributed by atoms with Gasteiger partial charge in [-0.3, -0.25) is 4.68 Å². The maximum absolute atomic E-state index is 4.17. The fraction of sp³-hybridized carbons (Fsp3) is 0.556. The average molecular weight is 180 g/mol. The van der Waals surface area contributed by atoms with Crippen molar-refractivity contribution >= 4 is 0 Å². The van der Waals surface area contributed by atoms with Crippen LogP contribution in [-0.4, -0.2) is 27.4 Å². The zero-order valence-corrected chi connectivity index (χ0v) is 8.20. The van der Waals surface area contributed by atoms with Crippen molar-refractivity contribution in [1.29, 1.82) is 0 Å². The molecule has 0 spiro atoms. The fourth-order valence-electron chi connectivity index (χ4n) is 0.993. The summed E-state index contributed by atoms with van der Waals surface area (Å²) in [6.07, 6.45) is 4.46. The Labute approximate surface area is 78.7 Å². The van der Waals surface area contributed by atoms with Crippen LogP contribution in [0.5, 0.6) is 0 Å². The van der Waals surface area contributed by atoms with Crippen molar-refractivity contribution in [2.75, 3.05) is 6.54 Å². The van der Waals surface area contributed by atoms with Gasteiger partial charge < -0.3 is 5.32 Å². The van der Waals surface area contributed by atoms with Crippen LogP contribution >= 0.6 is 0 Å². The molecule has 0 aliphatic rings. The van der Waals surface area contributed by atoms with E-state index < -0.39 is 0 Å². The van der Waals surface area contributed by atoms with Gasteiger partial charge in [-0.15, -0.1) is 6.58 Å². The van der Waals surface area contributed by atoms with Crippen molar-refractivity contribution in [3.8, 4) is 0 Å². The third-order valence-electron chi connectivity index (χ3n) is 1.82. The Morgan fingerprint density at radius 3 is 3.08 bits per heavy atom. The van der Waals surface area contributed by atoms with Gasteiger partial charge >= 0.3 is 0 Å². The molecule has 4 heteroatoms. The largest absolute Gasteiger partial charge is 0.310 e. The molecule has 4 nitrogen and oxygen atoms in total. The van der Waals surface area contributed by atoms with Gasteiger partial charge in [0.1, 0.15) is 6.33 Å². The van der Waals surface area contributed by atoms with Gasteiger partial charge in [-0.25, -0.2) is 4.98 Å². The van der Waals surface area contributed by atoms with Crippen molar-refractivity contribution in [2.45, 2.75) is 19.4 Å². The van der Waals surface area contributed by atoms with Gasteiger partial charge in [-0.2, -0.15) is 5.10 Å². The molecule has 0 aliphatic heterocycles. The van der Waals surface area contributed by atoms with Crippen LogP contribution < -0.4 is 5.32 Å². The highest BCUT2D eigenvalue weighted by Gasteiger charge is 1.99. The van der Waals surface area contributed by atoms with Gasteiger partial charge in [0.2, 0.25) is 0 Å². The molecule has 13 heavy (non-hydrogen) atoms. The first kappa shape index (κ1) is 9.92. The van der Waals surface area contributed by atoms with Crippen LogP contribution in [0.25, 0.3) is 0 Å². The van der Waals surface area contributed by atoms with E-state index >= 15 is 0 Å². The molecule has 0 amide bonds. The molecule has 1 atom stereocenters. The summed E-state index contributed by atoms with van der Waals surface area (Å²) >= 11 is 0. The molecule has 72 valence electrons. The smallest absolute Gasteiger partial charge is 0.151 e. The van der Waals surface area contributed by atoms with Crippen LogP contribution in [0.1, 0.15) is 12.7 Å². The van der Waals surface area contributed by atoms with E-state index in [0.717, 1.165) is 18.8 Å². The Bertz CT molecular complexity index is 266. The maximum Gasteiger partial charge on any atom is 0.151 e. The monoisotopic (exact) mass is 180 g/mol. The van der Waals surface area contributed by atoms with Crippen LogP contribution in [0.3, 0.4) is 0 Å². The van der Waals surface area contributed by atoms with E-state index in [1.807, 2.05) is 13.1 Å². The van der Waals surface area contributed by atoms with Gasteiger partial charge in [-0.05, 0) is 6.92 Å². The normalized spacial score (nSPS) is 12.8. The van der Waals surface area contributed by atoms with E-state index in [-0.39, 0.29) is 0 Å². The Morgan fingerprint density at radius 2 is 2.54 bits per heavy atom. The number of rotatable bonds is 5. The van der Waals surface area contributed by atoms with E-state index in [0.29, 0.717) is 6.04 Å². The van der Waals surface area contributed by atoms with Crippen LogP contribution in [0.2, 0.25) is 0 Å². The van der Waals surface area contributed by atoms with Crippen molar-refractivity contribution in [3.05, 3.63) is 24.8 Å². The topological polar surface area (TPSA) is 42.7 Å². The minimum Gasteiger partial charge on any atom is -0.310 e. The minimum absolute atomic E-state index is 0.351. The molecular weight excluding hydrogens is 164 g/mol. The van der Waals surface area contributed by atoms with Crippen molar-refractivity contribution in [3.63, 3.8) is 0 Å². The molecule has 0 saturated heterocycles. The summed E-state index contributed by atoms with van der Waals surface area (Å²) in [5.41, 5.74) is 0. The van der Waals surface area contributed by atoms with E-state index in [2.05, 4.69) is 28.9 Å². The molecule has 1 N–H and O–H groups in total. The van der Waals surface area contributed by atoms with E-state index in [4.69, 9.17) is 0 Å². The Morgan fingerprint density at radius 1 is 1.77 bits per heavy atom. The van der Waals surface area contributed by atoms with Crippen LogP contribution in [0.4, 0.5) is 0 Å². The predicted octanol–water partition coefficient (Wildman–Crippen LogP) is 0.522. The summed E-state index contributed by atoms with van der Waals surface area (Å²) in [5, 5.41) is 7.46. The summed E-state index contributed by atoms with van der Waals surface area (Å²) < 4.78 is 1.71. The van der Waals surface area contributed by atoms with Gasteiger partial charge in [0.25, 0.3) is 0 Å². The number of nitrogens with zero attached hydrogens (tertiary/aromatic N) is 3. The molecule has 1 heterocycles. The lowest BCUT2D eigenvalue weighted by molar-refractivity contribution is 0.619. The van der Waals surface area contributed by atoms with Gasteiger partial charge in [-0.1, -0.05) is 6.08 Å². The summed E-state index contributed by atoms with van der Waals surface area (Å²) in [7, 11) is 1.87. The second-order valence-corrected chi connectivity index (χ2v) is 3.06. The standard InChI is InChI=1S/C9H16N4/c1-4-8(2)10-6-5-9-11-7-13(3)12-9/h4,7-8,10H,1,5-6H2,2-3H3. The zero-order valence-electron chi connectivity index (χ0n) is 8.20. The molecule has 1 aromatic heterocycles. The number of aromatic nitrogens is 3. The van der Waals surface area contributed by atoms with Crippen LogP contribution in [-0.2, 0) is 13.5 Å². The number of aryl methyl sites for hydroxylation is 1. The summed E-state index contributed by atoms with van der Waals surface area (Å²) in [6.45, 7) is 6.65. The van der Waals surface area contributed by atoms with E-state index in [9.17, 15) is 0 Å². The average Bonchev–Trinajstić information content (AvgIpc) is 2.51. The highest BCUT2D eigenvalue weighted by Crippen LogP contribution is 1.89. The first-order chi connectivity index (χ1) is 6.22. The number of nitrogens with one attached hydrogen (secondary N) is 1. The van der Waals surface area contributed by atoms with Crippen molar-refractivity contribution in [2.24, 2.45) is 7.05 Å². The Kier molecular flexibility index (Phi) is 3.64. The lowest BCUT2D eigenvalue weighted by atomic mass is 10.3. The molecule has 0 fully saturated rings. The van der Waals surface area contributed by atoms with Gasteiger partial charge in [0, 0.05) is 26.1 Å². The maximum atomic E-state index is 4.17. The van der Waals surface area contributed by atoms with Gasteiger partial charge in [0.05, 0.1) is 0 Å². The summed E-state index contributed by atoms with van der Waals surface area (Å²) in [4.78, 5) is 4.12. The summed E-state index contributed by atoms with van der Waals surface area (Å²) in [5.74, 6) is 0.881. The molecular formula is C9H16N4. The molecule has 0 bridgehead atoms.